The van der Waals surface area contributed by atoms with Crippen molar-refractivity contribution in [1.82, 2.24) is 0 Å². The number of aliphatic carboxylic acids is 1. The molecule has 0 unspecified atom stereocenters. The second kappa shape index (κ2) is 10.3. The number of aliphatic hydroxyl groups excluding tert-OH is 1. The summed E-state index contributed by atoms with van der Waals surface area (Å²) in [5.41, 5.74) is 0.829. The normalized spacial score (nSPS) is 12.4. The van der Waals surface area contributed by atoms with Crippen LogP contribution < -0.4 is 0 Å². The molecule has 0 aromatic heterocycles. The van der Waals surface area contributed by atoms with Crippen LogP contribution in [0.3, 0.4) is 0 Å². The van der Waals surface area contributed by atoms with Crippen LogP contribution in [0.5, 0.6) is 0 Å². The average molecular weight is 270 g/mol. The first-order chi connectivity index (χ1) is 8.99. The van der Waals surface area contributed by atoms with E-state index in [1.165, 1.54) is 0 Å². The number of hydrogen-bond donors (Lipinski definition) is 2. The summed E-state index contributed by atoms with van der Waals surface area (Å²) in [6, 6.07) is 0. The van der Waals surface area contributed by atoms with Crippen LogP contribution in [0.2, 0.25) is 0 Å². The number of hydrogen-bond acceptors (Lipinski definition) is 4. The average Bonchev–Trinajstić information content (AvgIpc) is 2.38. The second-order valence-corrected chi connectivity index (χ2v) is 4.22. The Balaban J connectivity index is 3.73. The van der Waals surface area contributed by atoms with Gasteiger partial charge >= 0.3 is 11.9 Å². The highest BCUT2D eigenvalue weighted by atomic mass is 16.5. The van der Waals surface area contributed by atoms with E-state index in [0.717, 1.165) is 6.42 Å². The highest BCUT2D eigenvalue weighted by molar-refractivity contribution is 5.87. The van der Waals surface area contributed by atoms with Gasteiger partial charge in [0, 0.05) is 17.8 Å². The molecule has 0 aliphatic heterocycles. The summed E-state index contributed by atoms with van der Waals surface area (Å²) in [5.74, 6) is -1.28. The van der Waals surface area contributed by atoms with Gasteiger partial charge in [-0.05, 0) is 39.5 Å². The molecule has 5 heteroatoms. The molecule has 0 fully saturated rings. The standard InChI is InChI=1S/C14H22O5/c1-11(13(16)17)7-4-3-5-10-19-14(18)12(2)8-6-9-15/h7-8,15H,3-6,9-10H2,1-2H3,(H,16,17). The van der Waals surface area contributed by atoms with Crippen LogP contribution in [0.1, 0.15) is 39.5 Å². The summed E-state index contributed by atoms with van der Waals surface area (Å²) in [5, 5.41) is 17.2. The largest absolute Gasteiger partial charge is 0.478 e. The first kappa shape index (κ1) is 17.4. The number of ether oxygens (including phenoxy) is 1. The second-order valence-electron chi connectivity index (χ2n) is 4.22. The van der Waals surface area contributed by atoms with Gasteiger partial charge in [0.2, 0.25) is 0 Å². The van der Waals surface area contributed by atoms with E-state index in [0.29, 0.717) is 37.0 Å². The summed E-state index contributed by atoms with van der Waals surface area (Å²) in [6.07, 6.45) is 5.88. The summed E-state index contributed by atoms with van der Waals surface area (Å²) in [7, 11) is 0. The van der Waals surface area contributed by atoms with Crippen molar-refractivity contribution in [3.63, 3.8) is 0 Å². The Morgan fingerprint density at radius 2 is 1.68 bits per heavy atom. The molecule has 0 bridgehead atoms. The van der Waals surface area contributed by atoms with Crippen molar-refractivity contribution in [2.75, 3.05) is 13.2 Å². The maximum Gasteiger partial charge on any atom is 0.333 e. The van der Waals surface area contributed by atoms with Gasteiger partial charge in [0.15, 0.2) is 0 Å². The summed E-state index contributed by atoms with van der Waals surface area (Å²) in [4.78, 5) is 21.9. The van der Waals surface area contributed by atoms with Gasteiger partial charge in [-0.1, -0.05) is 12.2 Å². The lowest BCUT2D eigenvalue weighted by Gasteiger charge is -2.04. The zero-order valence-electron chi connectivity index (χ0n) is 11.5. The van der Waals surface area contributed by atoms with Gasteiger partial charge in [-0.15, -0.1) is 0 Å². The number of carbonyl (C=O) groups excluding carboxylic acids is 1. The van der Waals surface area contributed by atoms with E-state index in [1.54, 1.807) is 26.0 Å². The molecule has 0 radical (unpaired) electrons. The Morgan fingerprint density at radius 1 is 1.05 bits per heavy atom. The molecule has 0 aliphatic rings. The Hall–Kier alpha value is -1.62. The molecule has 0 amide bonds. The van der Waals surface area contributed by atoms with Crippen molar-refractivity contribution in [2.24, 2.45) is 0 Å². The lowest BCUT2D eigenvalue weighted by atomic mass is 10.2. The molecule has 5 nitrogen and oxygen atoms in total. The molecule has 0 saturated carbocycles. The number of aliphatic hydroxyl groups is 1. The molecule has 0 aliphatic carbocycles. The molecule has 0 saturated heterocycles. The Labute approximate surface area is 113 Å². The molecule has 0 heterocycles. The Morgan fingerprint density at radius 3 is 2.26 bits per heavy atom. The fourth-order valence-electron chi connectivity index (χ4n) is 1.30. The van der Waals surface area contributed by atoms with Gasteiger partial charge < -0.3 is 14.9 Å². The molecule has 19 heavy (non-hydrogen) atoms. The van der Waals surface area contributed by atoms with Crippen molar-refractivity contribution in [3.8, 4) is 0 Å². The van der Waals surface area contributed by atoms with Crippen LogP contribution in [0, 0.1) is 0 Å². The third kappa shape index (κ3) is 9.02. The van der Waals surface area contributed by atoms with E-state index in [2.05, 4.69) is 0 Å². The smallest absolute Gasteiger partial charge is 0.333 e. The minimum Gasteiger partial charge on any atom is -0.478 e. The topological polar surface area (TPSA) is 83.8 Å². The number of allylic oxidation sites excluding steroid dienone is 1. The molecule has 0 atom stereocenters. The minimum absolute atomic E-state index is 0.0138. The van der Waals surface area contributed by atoms with Gasteiger partial charge in [0.1, 0.15) is 0 Å². The van der Waals surface area contributed by atoms with Crippen molar-refractivity contribution < 1.29 is 24.5 Å². The number of carboxylic acids is 1. The summed E-state index contributed by atoms with van der Waals surface area (Å²) < 4.78 is 5.03. The third-order valence-corrected chi connectivity index (χ3v) is 2.52. The first-order valence-corrected chi connectivity index (χ1v) is 6.33. The molecule has 0 aromatic carbocycles. The molecule has 0 spiro atoms. The number of esters is 1. The van der Waals surface area contributed by atoms with Crippen LogP contribution in [0.4, 0.5) is 0 Å². The predicted octanol–water partition coefficient (Wildman–Crippen LogP) is 2.06. The number of carboxylic acid groups (broad SMARTS) is 1. The predicted molar refractivity (Wildman–Crippen MR) is 71.7 cm³/mol. The van der Waals surface area contributed by atoms with Gasteiger partial charge in [-0.3, -0.25) is 0 Å². The molecule has 0 rings (SSSR count). The van der Waals surface area contributed by atoms with E-state index in [-0.39, 0.29) is 12.6 Å². The zero-order chi connectivity index (χ0) is 14.7. The van der Waals surface area contributed by atoms with Crippen molar-refractivity contribution >= 4 is 11.9 Å². The van der Waals surface area contributed by atoms with Crippen LogP contribution in [0.25, 0.3) is 0 Å². The number of carbonyl (C=O) groups is 2. The molecular formula is C14H22O5. The molecular weight excluding hydrogens is 248 g/mol. The Kier molecular flexibility index (Phi) is 9.44. The van der Waals surface area contributed by atoms with Gasteiger partial charge in [-0.2, -0.15) is 0 Å². The van der Waals surface area contributed by atoms with Crippen molar-refractivity contribution in [3.05, 3.63) is 23.3 Å². The van der Waals surface area contributed by atoms with Crippen LogP contribution in [0.15, 0.2) is 23.3 Å². The van der Waals surface area contributed by atoms with Gasteiger partial charge in [0.05, 0.1) is 6.61 Å². The van der Waals surface area contributed by atoms with E-state index in [1.807, 2.05) is 0 Å². The van der Waals surface area contributed by atoms with Crippen molar-refractivity contribution in [2.45, 2.75) is 39.5 Å². The first-order valence-electron chi connectivity index (χ1n) is 6.33. The van der Waals surface area contributed by atoms with Gasteiger partial charge in [-0.25, -0.2) is 9.59 Å². The van der Waals surface area contributed by atoms with E-state index in [4.69, 9.17) is 14.9 Å². The maximum atomic E-state index is 11.4. The summed E-state index contributed by atoms with van der Waals surface area (Å²) in [6.45, 7) is 3.54. The van der Waals surface area contributed by atoms with Crippen molar-refractivity contribution in [1.29, 1.82) is 0 Å². The van der Waals surface area contributed by atoms with E-state index >= 15 is 0 Å². The number of unbranched alkanes of at least 4 members (excludes halogenated alkanes) is 2. The minimum atomic E-state index is -0.906. The summed E-state index contributed by atoms with van der Waals surface area (Å²) >= 11 is 0. The van der Waals surface area contributed by atoms with Crippen LogP contribution in [-0.4, -0.2) is 35.4 Å². The highest BCUT2D eigenvalue weighted by Gasteiger charge is 2.04. The molecule has 2 N–H and O–H groups in total. The van der Waals surface area contributed by atoms with E-state index < -0.39 is 5.97 Å². The van der Waals surface area contributed by atoms with Crippen LogP contribution >= 0.6 is 0 Å². The van der Waals surface area contributed by atoms with Crippen LogP contribution in [-0.2, 0) is 14.3 Å². The fraction of sp³-hybridized carbons (Fsp3) is 0.571. The lowest BCUT2D eigenvalue weighted by molar-refractivity contribution is -0.139. The zero-order valence-corrected chi connectivity index (χ0v) is 11.5. The molecule has 108 valence electrons. The maximum absolute atomic E-state index is 11.4. The Bertz CT molecular complexity index is 355. The SMILES string of the molecule is CC(=CCCCCOC(=O)C(C)=CCCO)C(=O)O. The monoisotopic (exact) mass is 270 g/mol. The third-order valence-electron chi connectivity index (χ3n) is 2.52. The highest BCUT2D eigenvalue weighted by Crippen LogP contribution is 2.04. The lowest BCUT2D eigenvalue weighted by Crippen LogP contribution is -2.07. The van der Waals surface area contributed by atoms with E-state index in [9.17, 15) is 9.59 Å². The fourth-order valence-corrected chi connectivity index (χ4v) is 1.30. The quantitative estimate of drug-likeness (QED) is 0.380. The number of rotatable bonds is 9. The molecule has 0 aromatic rings. The van der Waals surface area contributed by atoms with Gasteiger partial charge in [0.25, 0.3) is 0 Å².